The van der Waals surface area contributed by atoms with Crippen LogP contribution in [0.2, 0.25) is 0 Å². The highest BCUT2D eigenvalue weighted by molar-refractivity contribution is 7.92. The van der Waals surface area contributed by atoms with Gasteiger partial charge in [0.2, 0.25) is 10.0 Å². The van der Waals surface area contributed by atoms with E-state index < -0.39 is 10.0 Å². The van der Waals surface area contributed by atoms with E-state index in [0.29, 0.717) is 12.2 Å². The molecular formula is C13H22N2O2S. The molecule has 0 bridgehead atoms. The zero-order chi connectivity index (χ0) is 13.6. The van der Waals surface area contributed by atoms with E-state index in [2.05, 4.69) is 4.72 Å². The molecule has 0 atom stereocenters. The first-order chi connectivity index (χ1) is 8.43. The summed E-state index contributed by atoms with van der Waals surface area (Å²) in [5, 5.41) is 0. The van der Waals surface area contributed by atoms with Crippen LogP contribution < -0.4 is 10.5 Å². The standard InChI is InChI=1S/C13H22N2O2S/c1-11(2)10-18(16,17)15-13-7-3-5-12(9-13)6-4-8-14/h3,5,7,9,11,15H,4,6,8,10,14H2,1-2H3. The number of rotatable bonds is 7. The molecule has 0 saturated heterocycles. The van der Waals surface area contributed by atoms with Crippen molar-refractivity contribution >= 4 is 15.7 Å². The molecule has 0 heterocycles. The van der Waals surface area contributed by atoms with Crippen LogP contribution in [0.3, 0.4) is 0 Å². The molecule has 1 aromatic rings. The third-order valence-electron chi connectivity index (χ3n) is 2.42. The quantitative estimate of drug-likeness (QED) is 0.795. The van der Waals surface area contributed by atoms with Gasteiger partial charge in [-0.05, 0) is 43.0 Å². The van der Waals surface area contributed by atoms with Crippen LogP contribution >= 0.6 is 0 Å². The Morgan fingerprint density at radius 3 is 2.67 bits per heavy atom. The summed E-state index contributed by atoms with van der Waals surface area (Å²) in [7, 11) is -3.25. The Labute approximate surface area is 110 Å². The summed E-state index contributed by atoms with van der Waals surface area (Å²) in [6, 6.07) is 7.48. The van der Waals surface area contributed by atoms with Gasteiger partial charge in [-0.25, -0.2) is 8.42 Å². The number of sulfonamides is 1. The van der Waals surface area contributed by atoms with E-state index in [-0.39, 0.29) is 11.7 Å². The minimum absolute atomic E-state index is 0.114. The monoisotopic (exact) mass is 270 g/mol. The molecule has 3 N–H and O–H groups in total. The van der Waals surface area contributed by atoms with E-state index in [0.717, 1.165) is 18.4 Å². The Kier molecular flexibility index (Phi) is 5.62. The van der Waals surface area contributed by atoms with Crippen LogP contribution in [-0.4, -0.2) is 20.7 Å². The number of aryl methyl sites for hydroxylation is 1. The lowest BCUT2D eigenvalue weighted by molar-refractivity contribution is 0.587. The predicted octanol–water partition coefficient (Wildman–Crippen LogP) is 1.98. The van der Waals surface area contributed by atoms with Gasteiger partial charge in [0.15, 0.2) is 0 Å². The van der Waals surface area contributed by atoms with Crippen LogP contribution in [0.25, 0.3) is 0 Å². The van der Waals surface area contributed by atoms with Gasteiger partial charge in [0.1, 0.15) is 0 Å². The van der Waals surface area contributed by atoms with Crippen molar-refractivity contribution < 1.29 is 8.42 Å². The highest BCUT2D eigenvalue weighted by Gasteiger charge is 2.12. The molecule has 0 radical (unpaired) electrons. The van der Waals surface area contributed by atoms with E-state index in [1.807, 2.05) is 32.0 Å². The zero-order valence-corrected chi connectivity index (χ0v) is 11.8. The summed E-state index contributed by atoms with van der Waals surface area (Å²) in [6.45, 7) is 4.41. The maximum Gasteiger partial charge on any atom is 0.232 e. The minimum Gasteiger partial charge on any atom is -0.330 e. The van der Waals surface area contributed by atoms with Gasteiger partial charge in [-0.2, -0.15) is 0 Å². The van der Waals surface area contributed by atoms with Crippen molar-refractivity contribution in [1.29, 1.82) is 0 Å². The second kappa shape index (κ2) is 6.75. The topological polar surface area (TPSA) is 72.2 Å². The Bertz CT molecular complexity index is 470. The highest BCUT2D eigenvalue weighted by Crippen LogP contribution is 2.14. The lowest BCUT2D eigenvalue weighted by Gasteiger charge is -2.11. The molecule has 0 aliphatic rings. The maximum absolute atomic E-state index is 11.8. The summed E-state index contributed by atoms with van der Waals surface area (Å²) < 4.78 is 26.2. The molecule has 0 unspecified atom stereocenters. The van der Waals surface area contributed by atoms with Crippen LogP contribution in [0.4, 0.5) is 5.69 Å². The largest absolute Gasteiger partial charge is 0.330 e. The summed E-state index contributed by atoms with van der Waals surface area (Å²) >= 11 is 0. The Morgan fingerprint density at radius 1 is 1.33 bits per heavy atom. The van der Waals surface area contributed by atoms with Crippen molar-refractivity contribution in [2.45, 2.75) is 26.7 Å². The van der Waals surface area contributed by atoms with Gasteiger partial charge in [-0.15, -0.1) is 0 Å². The second-order valence-electron chi connectivity index (χ2n) is 4.87. The number of anilines is 1. The van der Waals surface area contributed by atoms with Gasteiger partial charge in [0.25, 0.3) is 0 Å². The summed E-state index contributed by atoms with van der Waals surface area (Å²) in [5.41, 5.74) is 7.19. The third kappa shape index (κ3) is 5.51. The average molecular weight is 270 g/mol. The molecular weight excluding hydrogens is 248 g/mol. The lowest BCUT2D eigenvalue weighted by Crippen LogP contribution is -2.20. The van der Waals surface area contributed by atoms with E-state index >= 15 is 0 Å². The Hall–Kier alpha value is -1.07. The van der Waals surface area contributed by atoms with Crippen LogP contribution in [0, 0.1) is 5.92 Å². The first kappa shape index (κ1) is 15.0. The molecule has 0 amide bonds. The molecule has 1 aromatic carbocycles. The molecule has 0 aliphatic carbocycles. The van der Waals surface area contributed by atoms with Gasteiger partial charge in [0.05, 0.1) is 5.75 Å². The number of hydrogen-bond donors (Lipinski definition) is 2. The SMILES string of the molecule is CC(C)CS(=O)(=O)Nc1cccc(CCCN)c1. The summed E-state index contributed by atoms with van der Waals surface area (Å²) in [5.74, 6) is 0.253. The van der Waals surface area contributed by atoms with Gasteiger partial charge in [-0.3, -0.25) is 4.72 Å². The molecule has 4 nitrogen and oxygen atoms in total. The molecule has 5 heteroatoms. The number of hydrogen-bond acceptors (Lipinski definition) is 3. The minimum atomic E-state index is -3.25. The van der Waals surface area contributed by atoms with E-state index in [1.54, 1.807) is 6.07 Å². The average Bonchev–Trinajstić information content (AvgIpc) is 2.24. The van der Waals surface area contributed by atoms with Crippen molar-refractivity contribution in [1.82, 2.24) is 0 Å². The lowest BCUT2D eigenvalue weighted by atomic mass is 10.1. The molecule has 0 aromatic heterocycles. The second-order valence-corrected chi connectivity index (χ2v) is 6.64. The first-order valence-corrected chi connectivity index (χ1v) is 7.87. The summed E-state index contributed by atoms with van der Waals surface area (Å²) in [4.78, 5) is 0. The van der Waals surface area contributed by atoms with E-state index in [9.17, 15) is 8.42 Å². The van der Waals surface area contributed by atoms with Crippen molar-refractivity contribution in [2.75, 3.05) is 17.0 Å². The highest BCUT2D eigenvalue weighted by atomic mass is 32.2. The molecule has 0 aliphatic heterocycles. The normalized spacial score (nSPS) is 11.8. The van der Waals surface area contributed by atoms with Crippen molar-refractivity contribution in [3.8, 4) is 0 Å². The Morgan fingerprint density at radius 2 is 2.06 bits per heavy atom. The molecule has 0 saturated carbocycles. The molecule has 0 fully saturated rings. The molecule has 18 heavy (non-hydrogen) atoms. The van der Waals surface area contributed by atoms with Crippen LogP contribution in [-0.2, 0) is 16.4 Å². The van der Waals surface area contributed by atoms with Crippen LogP contribution in [0.1, 0.15) is 25.8 Å². The maximum atomic E-state index is 11.8. The Balaban J connectivity index is 2.72. The fourth-order valence-corrected chi connectivity index (χ4v) is 3.20. The van der Waals surface area contributed by atoms with Crippen LogP contribution in [0.15, 0.2) is 24.3 Å². The number of nitrogens with one attached hydrogen (secondary N) is 1. The van der Waals surface area contributed by atoms with Crippen molar-refractivity contribution in [3.63, 3.8) is 0 Å². The molecule has 1 rings (SSSR count). The first-order valence-electron chi connectivity index (χ1n) is 6.22. The van der Waals surface area contributed by atoms with Crippen molar-refractivity contribution in [3.05, 3.63) is 29.8 Å². The number of benzene rings is 1. The van der Waals surface area contributed by atoms with Crippen molar-refractivity contribution in [2.24, 2.45) is 11.7 Å². The predicted molar refractivity (Wildman–Crippen MR) is 76.1 cm³/mol. The molecule has 0 spiro atoms. The number of nitrogens with two attached hydrogens (primary N) is 1. The smallest absolute Gasteiger partial charge is 0.232 e. The fraction of sp³-hybridized carbons (Fsp3) is 0.538. The van der Waals surface area contributed by atoms with Gasteiger partial charge in [0, 0.05) is 5.69 Å². The van der Waals surface area contributed by atoms with Gasteiger partial charge in [-0.1, -0.05) is 26.0 Å². The van der Waals surface area contributed by atoms with Gasteiger partial charge >= 0.3 is 0 Å². The van der Waals surface area contributed by atoms with E-state index in [4.69, 9.17) is 5.73 Å². The third-order valence-corrected chi connectivity index (χ3v) is 4.07. The zero-order valence-electron chi connectivity index (χ0n) is 11.0. The summed E-state index contributed by atoms with van der Waals surface area (Å²) in [6.07, 6.45) is 1.78. The van der Waals surface area contributed by atoms with E-state index in [1.165, 1.54) is 0 Å². The van der Waals surface area contributed by atoms with Crippen LogP contribution in [0.5, 0.6) is 0 Å². The van der Waals surface area contributed by atoms with Gasteiger partial charge < -0.3 is 5.73 Å². The molecule has 102 valence electrons. The fourth-order valence-electron chi connectivity index (χ4n) is 1.76.